The van der Waals surface area contributed by atoms with Crippen LogP contribution in [0.25, 0.3) is 0 Å². The zero-order valence-electron chi connectivity index (χ0n) is 9.66. The molecule has 0 heterocycles. The number of hydrogen-bond donors (Lipinski definition) is 1. The quantitative estimate of drug-likeness (QED) is 0.783. The van der Waals surface area contributed by atoms with Gasteiger partial charge < -0.3 is 5.11 Å². The van der Waals surface area contributed by atoms with E-state index in [9.17, 15) is 18.0 Å². The molecule has 0 aliphatic carbocycles. The molecule has 0 saturated carbocycles. The summed E-state index contributed by atoms with van der Waals surface area (Å²) in [5.74, 6) is -3.16. The first-order valence-corrected chi connectivity index (χ1v) is 5.10. The Balaban J connectivity index is 4.53. The van der Waals surface area contributed by atoms with E-state index < -0.39 is 24.6 Å². The average Bonchev–Trinajstić information content (AvgIpc) is 2.14. The fourth-order valence-corrected chi connectivity index (χ4v) is 1.25. The molecule has 1 unspecified atom stereocenters. The van der Waals surface area contributed by atoms with E-state index in [1.807, 2.05) is 0 Å². The molecule has 98 valence electrons. The Hall–Kier alpha value is -1.29. The van der Waals surface area contributed by atoms with Crippen molar-refractivity contribution in [3.8, 4) is 6.07 Å². The Morgan fingerprint density at radius 2 is 2.00 bits per heavy atom. The van der Waals surface area contributed by atoms with Crippen molar-refractivity contribution in [2.45, 2.75) is 32.5 Å². The predicted molar refractivity (Wildman–Crippen MR) is 54.1 cm³/mol. The molecule has 0 radical (unpaired) electrons. The maximum Gasteiger partial charge on any atom is 0.405 e. The minimum Gasteiger partial charge on any atom is -0.481 e. The van der Waals surface area contributed by atoms with Crippen molar-refractivity contribution >= 4 is 5.97 Å². The molecule has 0 aromatic rings. The maximum atomic E-state index is 12.4. The molecule has 0 aromatic heterocycles. The minimum absolute atomic E-state index is 0.00125. The van der Waals surface area contributed by atoms with Crippen LogP contribution in [0.1, 0.15) is 20.3 Å². The third kappa shape index (κ3) is 6.12. The van der Waals surface area contributed by atoms with Crippen LogP contribution in [0.5, 0.6) is 0 Å². The van der Waals surface area contributed by atoms with Crippen molar-refractivity contribution in [1.29, 1.82) is 5.26 Å². The lowest BCUT2D eigenvalue weighted by molar-refractivity contribution is -0.164. The second kappa shape index (κ2) is 6.45. The maximum absolute atomic E-state index is 12.4. The first-order chi connectivity index (χ1) is 7.68. The summed E-state index contributed by atoms with van der Waals surface area (Å²) < 4.78 is 37.1. The first kappa shape index (κ1) is 15.7. The van der Waals surface area contributed by atoms with E-state index in [0.717, 1.165) is 0 Å². The van der Waals surface area contributed by atoms with Crippen molar-refractivity contribution in [2.24, 2.45) is 5.92 Å². The molecule has 0 aromatic carbocycles. The van der Waals surface area contributed by atoms with Gasteiger partial charge in [-0.1, -0.05) is 0 Å². The number of rotatable bonds is 6. The largest absolute Gasteiger partial charge is 0.481 e. The summed E-state index contributed by atoms with van der Waals surface area (Å²) in [6.07, 6.45) is -4.82. The third-order valence-electron chi connectivity index (χ3n) is 2.31. The second-order valence-corrected chi connectivity index (χ2v) is 3.96. The van der Waals surface area contributed by atoms with E-state index in [4.69, 9.17) is 10.4 Å². The Labute approximate surface area is 97.6 Å². The lowest BCUT2D eigenvalue weighted by atomic mass is 10.1. The van der Waals surface area contributed by atoms with E-state index in [1.165, 1.54) is 11.0 Å². The molecule has 1 atom stereocenters. The number of carboxylic acid groups (broad SMARTS) is 1. The van der Waals surface area contributed by atoms with Crippen LogP contribution in [0, 0.1) is 17.2 Å². The highest BCUT2D eigenvalue weighted by Crippen LogP contribution is 2.26. The number of carbonyl (C=O) groups is 1. The van der Waals surface area contributed by atoms with Gasteiger partial charge in [-0.3, -0.25) is 9.69 Å². The number of halogens is 3. The van der Waals surface area contributed by atoms with E-state index in [-0.39, 0.29) is 19.0 Å². The lowest BCUT2D eigenvalue weighted by Crippen LogP contribution is -2.40. The van der Waals surface area contributed by atoms with Gasteiger partial charge >= 0.3 is 12.1 Å². The van der Waals surface area contributed by atoms with Gasteiger partial charge in [0, 0.05) is 19.1 Å². The first-order valence-electron chi connectivity index (χ1n) is 5.10. The number of hydrogen-bond acceptors (Lipinski definition) is 3. The van der Waals surface area contributed by atoms with E-state index in [2.05, 4.69) is 0 Å². The molecule has 0 rings (SSSR count). The number of nitriles is 1. The van der Waals surface area contributed by atoms with Gasteiger partial charge in [0.15, 0.2) is 5.92 Å². The molecule has 0 bridgehead atoms. The second-order valence-electron chi connectivity index (χ2n) is 3.96. The van der Waals surface area contributed by atoms with E-state index in [0.29, 0.717) is 0 Å². The normalized spacial score (nSPS) is 13.8. The van der Waals surface area contributed by atoms with Crippen molar-refractivity contribution < 1.29 is 23.1 Å². The highest BCUT2D eigenvalue weighted by Gasteiger charge is 2.41. The Bertz CT molecular complexity index is 297. The van der Waals surface area contributed by atoms with Crippen LogP contribution in [0.4, 0.5) is 13.2 Å². The minimum atomic E-state index is -4.58. The van der Waals surface area contributed by atoms with Crippen LogP contribution in [-0.4, -0.2) is 41.3 Å². The Kier molecular flexibility index (Phi) is 5.96. The van der Waals surface area contributed by atoms with Gasteiger partial charge in [-0.2, -0.15) is 18.4 Å². The molecule has 0 fully saturated rings. The van der Waals surface area contributed by atoms with E-state index in [1.54, 1.807) is 13.8 Å². The summed E-state index contributed by atoms with van der Waals surface area (Å²) >= 11 is 0. The molecule has 0 aliphatic heterocycles. The smallest absolute Gasteiger partial charge is 0.405 e. The molecule has 4 nitrogen and oxygen atoms in total. The number of carboxylic acids is 1. The van der Waals surface area contributed by atoms with Gasteiger partial charge in [0.2, 0.25) is 0 Å². The monoisotopic (exact) mass is 252 g/mol. The molecular formula is C10H15F3N2O2. The predicted octanol–water partition coefficient (Wildman–Crippen LogP) is 1.87. The van der Waals surface area contributed by atoms with Gasteiger partial charge in [0.1, 0.15) is 0 Å². The number of alkyl halides is 3. The summed E-state index contributed by atoms with van der Waals surface area (Å²) in [5.41, 5.74) is 0. The standard InChI is InChI=1S/C10H15F3N2O2/c1-7(2)15(4-3-9(16)17)6-8(5-14)10(11,12)13/h7-8H,3-4,6H2,1-2H3,(H,16,17). The van der Waals surface area contributed by atoms with Crippen LogP contribution in [0.15, 0.2) is 0 Å². The van der Waals surface area contributed by atoms with Crippen LogP contribution in [0.2, 0.25) is 0 Å². The number of aliphatic carboxylic acids is 1. The highest BCUT2D eigenvalue weighted by atomic mass is 19.4. The van der Waals surface area contributed by atoms with Crippen molar-refractivity contribution in [3.63, 3.8) is 0 Å². The zero-order valence-corrected chi connectivity index (χ0v) is 9.66. The van der Waals surface area contributed by atoms with E-state index >= 15 is 0 Å². The van der Waals surface area contributed by atoms with Crippen molar-refractivity contribution in [2.75, 3.05) is 13.1 Å². The van der Waals surface area contributed by atoms with Crippen LogP contribution >= 0.6 is 0 Å². The van der Waals surface area contributed by atoms with Crippen LogP contribution in [-0.2, 0) is 4.79 Å². The summed E-state index contributed by atoms with van der Waals surface area (Å²) in [4.78, 5) is 11.7. The Morgan fingerprint density at radius 1 is 1.47 bits per heavy atom. The molecule has 0 aliphatic rings. The summed E-state index contributed by atoms with van der Waals surface area (Å²) in [7, 11) is 0. The van der Waals surface area contributed by atoms with Gasteiger partial charge in [0.25, 0.3) is 0 Å². The van der Waals surface area contributed by atoms with Gasteiger partial charge in [-0.25, -0.2) is 0 Å². The zero-order chi connectivity index (χ0) is 13.6. The van der Waals surface area contributed by atoms with Gasteiger partial charge in [-0.05, 0) is 13.8 Å². The fraction of sp³-hybridized carbons (Fsp3) is 0.800. The molecule has 7 heteroatoms. The molecular weight excluding hydrogens is 237 g/mol. The molecule has 0 spiro atoms. The molecule has 0 saturated heterocycles. The fourth-order valence-electron chi connectivity index (χ4n) is 1.25. The molecule has 17 heavy (non-hydrogen) atoms. The molecule has 0 amide bonds. The topological polar surface area (TPSA) is 64.3 Å². The summed E-state index contributed by atoms with van der Waals surface area (Å²) in [6.45, 7) is 2.82. The van der Waals surface area contributed by atoms with Crippen molar-refractivity contribution in [1.82, 2.24) is 4.90 Å². The summed E-state index contributed by atoms with van der Waals surface area (Å²) in [6, 6.07) is 0.958. The highest BCUT2D eigenvalue weighted by molar-refractivity contribution is 5.66. The van der Waals surface area contributed by atoms with Crippen LogP contribution < -0.4 is 0 Å². The van der Waals surface area contributed by atoms with Gasteiger partial charge in [0.05, 0.1) is 12.5 Å². The SMILES string of the molecule is CC(C)N(CCC(=O)O)CC(C#N)C(F)(F)F. The Morgan fingerprint density at radius 3 is 2.29 bits per heavy atom. The van der Waals surface area contributed by atoms with Crippen molar-refractivity contribution in [3.05, 3.63) is 0 Å². The summed E-state index contributed by atoms with van der Waals surface area (Å²) in [5, 5.41) is 16.9. The van der Waals surface area contributed by atoms with Crippen LogP contribution in [0.3, 0.4) is 0 Å². The number of nitrogens with zero attached hydrogens (tertiary/aromatic N) is 2. The lowest BCUT2D eigenvalue weighted by Gasteiger charge is -2.28. The average molecular weight is 252 g/mol. The molecule has 1 N–H and O–H groups in total. The third-order valence-corrected chi connectivity index (χ3v) is 2.31. The van der Waals surface area contributed by atoms with Gasteiger partial charge in [-0.15, -0.1) is 0 Å².